The van der Waals surface area contributed by atoms with Gasteiger partial charge >= 0.3 is 12.0 Å². The van der Waals surface area contributed by atoms with Gasteiger partial charge < -0.3 is 29.7 Å². The Morgan fingerprint density at radius 3 is 2.44 bits per heavy atom. The molecular formula is C26H30N4O5S. The number of urea groups is 1. The smallest absolute Gasteiger partial charge is 0.338 e. The molecule has 2 aliphatic heterocycles. The molecule has 0 aliphatic carbocycles. The maximum Gasteiger partial charge on any atom is 0.338 e. The van der Waals surface area contributed by atoms with Crippen molar-refractivity contribution < 1.29 is 23.8 Å². The Kier molecular flexibility index (Phi) is 8.04. The van der Waals surface area contributed by atoms with Gasteiger partial charge in [-0.05, 0) is 30.5 Å². The fourth-order valence-corrected chi connectivity index (χ4v) is 5.31. The van der Waals surface area contributed by atoms with Crippen LogP contribution in [0.5, 0.6) is 11.5 Å². The number of nitrogens with one attached hydrogen (secondary N) is 2. The molecule has 0 saturated carbocycles. The molecule has 2 N–H and O–H groups in total. The molecule has 4 rings (SSSR count). The monoisotopic (exact) mass is 510 g/mol. The summed E-state index contributed by atoms with van der Waals surface area (Å²) in [6, 6.07) is 11.9. The second kappa shape index (κ2) is 11.4. The molecule has 2 aliphatic rings. The zero-order valence-corrected chi connectivity index (χ0v) is 21.6. The first-order valence-corrected chi connectivity index (χ1v) is 12.7. The van der Waals surface area contributed by atoms with Crippen LogP contribution in [0.15, 0.2) is 58.7 Å². The number of amidine groups is 1. The van der Waals surface area contributed by atoms with E-state index in [2.05, 4.69) is 15.5 Å². The van der Waals surface area contributed by atoms with Gasteiger partial charge in [0.05, 0.1) is 38.6 Å². The van der Waals surface area contributed by atoms with Crippen molar-refractivity contribution in [2.45, 2.75) is 25.8 Å². The van der Waals surface area contributed by atoms with Crippen molar-refractivity contribution in [1.29, 1.82) is 0 Å². The number of hydrogen-bond donors (Lipinski definition) is 2. The lowest BCUT2D eigenvalue weighted by Gasteiger charge is -2.40. The average Bonchev–Trinajstić information content (AvgIpc) is 2.91. The second-order valence-electron chi connectivity index (χ2n) is 8.20. The maximum atomic E-state index is 12.9. The Balaban J connectivity index is 1.61. The highest BCUT2D eigenvalue weighted by Crippen LogP contribution is 2.41. The summed E-state index contributed by atoms with van der Waals surface area (Å²) < 4.78 is 15.7. The van der Waals surface area contributed by atoms with Crippen molar-refractivity contribution in [3.63, 3.8) is 0 Å². The molecule has 0 bridgehead atoms. The molecule has 2 heterocycles. The van der Waals surface area contributed by atoms with Gasteiger partial charge in [-0.25, -0.2) is 14.6 Å². The number of benzene rings is 2. The van der Waals surface area contributed by atoms with Crippen molar-refractivity contribution >= 4 is 40.3 Å². The topological polar surface area (TPSA) is 101 Å². The Hall–Kier alpha value is -3.66. The molecule has 2 aromatic carbocycles. The molecule has 1 unspecified atom stereocenters. The highest BCUT2D eigenvalue weighted by atomic mass is 32.2. The Labute approximate surface area is 214 Å². The van der Waals surface area contributed by atoms with Crippen LogP contribution < -0.4 is 20.1 Å². The second-order valence-corrected chi connectivity index (χ2v) is 9.27. The molecule has 36 heavy (non-hydrogen) atoms. The molecule has 1 fully saturated rings. The first kappa shape index (κ1) is 25.4. The number of carbonyl (C=O) groups is 2. The lowest BCUT2D eigenvalue weighted by Crippen LogP contribution is -2.42. The molecule has 2 aromatic rings. The number of thioether (sulfide) groups is 1. The summed E-state index contributed by atoms with van der Waals surface area (Å²) >= 11 is 1.70. The Morgan fingerprint density at radius 1 is 1.06 bits per heavy atom. The van der Waals surface area contributed by atoms with E-state index in [4.69, 9.17) is 19.2 Å². The zero-order valence-electron chi connectivity index (χ0n) is 20.8. The van der Waals surface area contributed by atoms with Crippen molar-refractivity contribution in [3.8, 4) is 11.5 Å². The SMILES string of the molecule is CCC1=C(C(=O)OC)C(c2cccc(NC(=O)Nc3cc(OC)cc(OC)c3)c2)N2CCCSC2=N1. The van der Waals surface area contributed by atoms with E-state index in [-0.39, 0.29) is 6.04 Å². The number of methoxy groups -OCH3 is 3. The standard InChI is InChI=1S/C26H30N4O5S/c1-5-21-22(24(31)35-4)23(30-10-7-11-36-26(30)29-21)16-8-6-9-17(12-16)27-25(32)28-18-13-19(33-2)15-20(14-18)34-3/h6,8-9,12-15,23H,5,7,10-11H2,1-4H3,(H2,27,28,32). The van der Waals surface area contributed by atoms with Crippen LogP contribution in [0.1, 0.15) is 31.4 Å². The average molecular weight is 511 g/mol. The Morgan fingerprint density at radius 2 is 1.78 bits per heavy atom. The molecule has 0 aromatic heterocycles. The third kappa shape index (κ3) is 5.43. The van der Waals surface area contributed by atoms with Crippen LogP contribution in [0.3, 0.4) is 0 Å². The minimum Gasteiger partial charge on any atom is -0.497 e. The zero-order chi connectivity index (χ0) is 25.7. The fraction of sp³-hybridized carbons (Fsp3) is 0.346. The van der Waals surface area contributed by atoms with E-state index < -0.39 is 12.0 Å². The highest BCUT2D eigenvalue weighted by molar-refractivity contribution is 8.13. The number of amides is 2. The predicted molar refractivity (Wildman–Crippen MR) is 142 cm³/mol. The normalized spacial score (nSPS) is 17.1. The predicted octanol–water partition coefficient (Wildman–Crippen LogP) is 5.03. The van der Waals surface area contributed by atoms with Crippen LogP contribution >= 0.6 is 11.8 Å². The number of fused-ring (bicyclic) bond motifs is 1. The number of hydrogen-bond acceptors (Lipinski definition) is 8. The minimum absolute atomic E-state index is 0.347. The van der Waals surface area contributed by atoms with E-state index in [9.17, 15) is 9.59 Å². The van der Waals surface area contributed by atoms with Gasteiger partial charge in [0.2, 0.25) is 0 Å². The molecule has 0 spiro atoms. The largest absolute Gasteiger partial charge is 0.497 e. The van der Waals surface area contributed by atoms with E-state index in [0.29, 0.717) is 34.9 Å². The number of anilines is 2. The van der Waals surface area contributed by atoms with Crippen molar-refractivity contribution in [2.75, 3.05) is 44.3 Å². The summed E-state index contributed by atoms with van der Waals surface area (Å²) in [5, 5.41) is 6.61. The number of esters is 1. The molecule has 0 radical (unpaired) electrons. The van der Waals surface area contributed by atoms with Gasteiger partial charge in [0.1, 0.15) is 11.5 Å². The van der Waals surface area contributed by atoms with E-state index in [1.165, 1.54) is 7.11 Å². The summed E-state index contributed by atoms with van der Waals surface area (Å²) in [6.07, 6.45) is 1.60. The van der Waals surface area contributed by atoms with Crippen LogP contribution in [0.4, 0.5) is 16.2 Å². The Bertz CT molecular complexity index is 1190. The summed E-state index contributed by atoms with van der Waals surface area (Å²) in [5.41, 5.74) is 3.27. The molecule has 9 nitrogen and oxygen atoms in total. The first-order valence-electron chi connectivity index (χ1n) is 11.7. The summed E-state index contributed by atoms with van der Waals surface area (Å²) in [5.74, 6) is 1.73. The fourth-order valence-electron chi connectivity index (χ4n) is 4.32. The van der Waals surface area contributed by atoms with Crippen LogP contribution in [0.2, 0.25) is 0 Å². The van der Waals surface area contributed by atoms with Gasteiger partial charge in [0, 0.05) is 41.9 Å². The number of aliphatic imine (C=N–C) groups is 1. The minimum atomic E-state index is -0.417. The first-order chi connectivity index (χ1) is 17.5. The number of allylic oxidation sites excluding steroid dienone is 1. The lowest BCUT2D eigenvalue weighted by atomic mass is 9.93. The van der Waals surface area contributed by atoms with Crippen LogP contribution in [-0.2, 0) is 9.53 Å². The maximum absolute atomic E-state index is 12.9. The molecule has 10 heteroatoms. The number of carbonyl (C=O) groups excluding carboxylic acids is 2. The molecular weight excluding hydrogens is 480 g/mol. The van der Waals surface area contributed by atoms with Gasteiger partial charge in [-0.1, -0.05) is 30.8 Å². The van der Waals surface area contributed by atoms with E-state index in [0.717, 1.165) is 35.1 Å². The number of nitrogens with zero attached hydrogens (tertiary/aromatic N) is 2. The third-order valence-corrected chi connectivity index (χ3v) is 7.03. The quantitative estimate of drug-likeness (QED) is 0.504. The third-order valence-electron chi connectivity index (χ3n) is 5.96. The van der Waals surface area contributed by atoms with Crippen molar-refractivity contribution in [2.24, 2.45) is 4.99 Å². The number of rotatable bonds is 7. The van der Waals surface area contributed by atoms with Crippen LogP contribution in [-0.4, -0.2) is 55.7 Å². The lowest BCUT2D eigenvalue weighted by molar-refractivity contribution is -0.137. The van der Waals surface area contributed by atoms with E-state index >= 15 is 0 Å². The van der Waals surface area contributed by atoms with Gasteiger partial charge in [-0.2, -0.15) is 0 Å². The summed E-state index contributed by atoms with van der Waals surface area (Å²) in [4.78, 5) is 32.6. The van der Waals surface area contributed by atoms with E-state index in [1.807, 2.05) is 25.1 Å². The molecule has 1 saturated heterocycles. The van der Waals surface area contributed by atoms with E-state index in [1.54, 1.807) is 50.2 Å². The molecule has 2 amide bonds. The van der Waals surface area contributed by atoms with Crippen molar-refractivity contribution in [3.05, 3.63) is 59.3 Å². The summed E-state index contributed by atoms with van der Waals surface area (Å²) in [7, 11) is 4.49. The number of ether oxygens (including phenoxy) is 3. The van der Waals surface area contributed by atoms with Gasteiger partial charge in [0.15, 0.2) is 5.17 Å². The van der Waals surface area contributed by atoms with Gasteiger partial charge in [-0.15, -0.1) is 0 Å². The molecule has 1 atom stereocenters. The van der Waals surface area contributed by atoms with Gasteiger partial charge in [0.25, 0.3) is 0 Å². The van der Waals surface area contributed by atoms with Crippen LogP contribution in [0.25, 0.3) is 0 Å². The summed E-state index contributed by atoms with van der Waals surface area (Å²) in [6.45, 7) is 2.77. The molecule has 190 valence electrons. The van der Waals surface area contributed by atoms with Crippen molar-refractivity contribution in [1.82, 2.24) is 4.90 Å². The van der Waals surface area contributed by atoms with Crippen LogP contribution in [0, 0.1) is 0 Å². The van der Waals surface area contributed by atoms with Gasteiger partial charge in [-0.3, -0.25) is 0 Å². The highest BCUT2D eigenvalue weighted by Gasteiger charge is 2.38.